The van der Waals surface area contributed by atoms with Crippen molar-refractivity contribution in [2.45, 2.75) is 137 Å². The van der Waals surface area contributed by atoms with Crippen LogP contribution < -0.4 is 162 Å². The zero-order valence-electron chi connectivity index (χ0n) is 57.5. The summed E-state index contributed by atoms with van der Waals surface area (Å²) in [6, 6.07) is 24.5. The summed E-state index contributed by atoms with van der Waals surface area (Å²) in [4.78, 5) is 36.8. The monoisotopic (exact) mass is 1450 g/mol. The van der Waals surface area contributed by atoms with Crippen LogP contribution in [0, 0.1) is 0 Å². The van der Waals surface area contributed by atoms with Crippen molar-refractivity contribution < 1.29 is 180 Å². The molecule has 98 heavy (non-hydrogen) atoms. The molecule has 8 rings (SSSR count). The van der Waals surface area contributed by atoms with Crippen LogP contribution in [-0.2, 0) is 75.0 Å². The average Bonchev–Trinajstić information content (AvgIpc) is 0.766. The fourth-order valence-electron chi connectivity index (χ4n) is 9.71. The average molecular weight is 1450 g/mol. The van der Waals surface area contributed by atoms with Crippen LogP contribution in [0.4, 0.5) is 34.6 Å². The molecule has 0 radical (unpaired) electrons. The number of hydrogen-bond acceptors (Lipinski definition) is 20. The van der Waals surface area contributed by atoms with Gasteiger partial charge in [-0.15, -0.1) is 11.5 Å². The zero-order valence-corrected chi connectivity index (χ0v) is 68.8. The molecule has 8 aromatic rings. The van der Waals surface area contributed by atoms with Crippen LogP contribution in [-0.4, -0.2) is 94.9 Å². The van der Waals surface area contributed by atoms with E-state index in [0.717, 1.165) is 47.5 Å². The molecule has 500 valence electrons. The summed E-state index contributed by atoms with van der Waals surface area (Å²) in [6.45, 7) is 23.8. The van der Waals surface area contributed by atoms with Gasteiger partial charge in [0.05, 0.1) is 21.2 Å². The summed E-state index contributed by atoms with van der Waals surface area (Å²) >= 11 is 0. The molecule has 0 bridgehead atoms. The maximum atomic E-state index is 13.6. The first-order valence-electron chi connectivity index (χ1n) is 29.2. The quantitative estimate of drug-likeness (QED) is 0.0230. The Bertz CT molecular complexity index is 4670. The minimum Gasteiger partial charge on any atom is -0.872 e. The van der Waals surface area contributed by atoms with Crippen molar-refractivity contribution in [1.82, 2.24) is 29.9 Å². The number of anilines is 4. The third-order valence-corrected chi connectivity index (χ3v) is 18.0. The summed E-state index contributed by atoms with van der Waals surface area (Å²) < 4.78 is 143. The van der Waals surface area contributed by atoms with E-state index in [2.05, 4.69) is 60.5 Å². The topological polar surface area (TPSA) is 432 Å². The molecule has 0 spiro atoms. The molecule has 0 aliphatic heterocycles. The molecule has 8 N–H and O–H groups in total. The molecule has 6 aromatic carbocycles. The van der Waals surface area contributed by atoms with Crippen LogP contribution >= 0.6 is 0 Å². The summed E-state index contributed by atoms with van der Waals surface area (Å²) in [6.07, 6.45) is 3.12. The Hall–Kier alpha value is -4.88. The van der Waals surface area contributed by atoms with Gasteiger partial charge in [-0.1, -0.05) is 132 Å². The fraction of sp³-hybridized carbons (Fsp3) is 0.312. The number of rotatable bonds is 18. The molecule has 26 nitrogen and oxygen atoms in total. The van der Waals surface area contributed by atoms with Crippen molar-refractivity contribution in [2.75, 3.05) is 23.7 Å². The molecule has 2 aromatic heterocycles. The molecular weight excluding hydrogens is 1380 g/mol. The molecule has 0 aliphatic rings. The fourth-order valence-corrected chi connectivity index (χ4v) is 12.1. The normalized spacial score (nSPS) is 13.3. The van der Waals surface area contributed by atoms with Gasteiger partial charge in [0.25, 0.3) is 20.2 Å². The van der Waals surface area contributed by atoms with E-state index in [-0.39, 0.29) is 211 Å². The maximum absolute atomic E-state index is 13.6. The molecule has 2 heterocycles. The second-order valence-electron chi connectivity index (χ2n) is 26.2. The number of aromatic nitrogens is 6. The van der Waals surface area contributed by atoms with E-state index in [1.54, 1.807) is 0 Å². The van der Waals surface area contributed by atoms with Crippen LogP contribution in [0.5, 0.6) is 11.5 Å². The zero-order chi connectivity index (χ0) is 69.3. The van der Waals surface area contributed by atoms with Crippen molar-refractivity contribution in [3.63, 3.8) is 0 Å². The molecule has 0 saturated heterocycles. The number of aromatic amines is 4. The minimum absolute atomic E-state index is 0. The summed E-state index contributed by atoms with van der Waals surface area (Å²) in [5.41, 5.74) is 2.55. The van der Waals surface area contributed by atoms with Crippen LogP contribution in [0.2, 0.25) is 0 Å². The van der Waals surface area contributed by atoms with Crippen molar-refractivity contribution in [1.29, 1.82) is 0 Å². The Balaban J connectivity index is 0.00000510. The van der Waals surface area contributed by atoms with Gasteiger partial charge in [0.15, 0.2) is 0 Å². The number of H-pyrrole nitrogens is 4. The van der Waals surface area contributed by atoms with Crippen LogP contribution in [0.15, 0.2) is 149 Å². The van der Waals surface area contributed by atoms with Crippen molar-refractivity contribution in [2.24, 2.45) is 20.0 Å². The second kappa shape index (κ2) is 33.5. The first kappa shape index (κ1) is 85.5. The number of hydrogen-bond donors (Lipinski definition) is 8. The Morgan fingerprint density at radius 3 is 1.01 bits per heavy atom. The van der Waals surface area contributed by atoms with E-state index in [0.29, 0.717) is 35.1 Å². The number of nitrogens with zero attached hydrogens (tertiary/aromatic N) is 6. The van der Waals surface area contributed by atoms with Crippen molar-refractivity contribution >= 4 is 87.3 Å². The Labute approximate surface area is 658 Å². The van der Waals surface area contributed by atoms with Crippen molar-refractivity contribution in [3.05, 3.63) is 176 Å². The smallest absolute Gasteiger partial charge is 0.872 e. The van der Waals surface area contributed by atoms with Gasteiger partial charge in [0, 0.05) is 24.5 Å². The first-order chi connectivity index (χ1) is 43.4. The van der Waals surface area contributed by atoms with Gasteiger partial charge in [-0.05, 0) is 152 Å². The maximum Gasteiger partial charge on any atom is 1.00 e. The predicted molar refractivity (Wildman–Crippen MR) is 348 cm³/mol. The third kappa shape index (κ3) is 23.3. The summed E-state index contributed by atoms with van der Waals surface area (Å²) in [7, 11) is -19.6. The van der Waals surface area contributed by atoms with E-state index in [4.69, 9.17) is 0 Å². The molecule has 0 atom stereocenters. The van der Waals surface area contributed by atoms with Crippen molar-refractivity contribution in [3.8, 4) is 11.5 Å². The molecule has 0 saturated carbocycles. The van der Waals surface area contributed by atoms with E-state index < -0.39 is 81.7 Å². The molecule has 0 amide bonds. The van der Waals surface area contributed by atoms with Gasteiger partial charge >= 0.3 is 118 Å². The largest absolute Gasteiger partial charge is 1.00 e. The number of nitrogens with one attached hydrogen (secondary N) is 6. The summed E-state index contributed by atoms with van der Waals surface area (Å²) in [5.74, 6) is -0.0633. The van der Waals surface area contributed by atoms with Gasteiger partial charge < -0.3 is 30.0 Å². The van der Waals surface area contributed by atoms with Gasteiger partial charge in [0.1, 0.15) is 30.0 Å². The molecule has 0 unspecified atom stereocenters. The standard InChI is InChI=1S/C64H76N12O14S4.4Na/c1-61(2,3)47-31-37(32-48(53(47)77)62(4,5)6)27-29-65-55-71-57(67-41-19-23-45(24-20-41)91(79,80)81)75-59(73-55)69-43-17-15-39(51(35-43)93(85,86)87)13-14-40-16-18-44(36-52(40)94(88,89)90)70-60-74-56(72-58(76-60)68-42-21-25-46(26-22-42)92(82,83)84)66-30-28-38-33-49(63(7,8)9)54(78)50(34-38)64(10,11)12;;;;/h13-26,31-36,77-78H,27-30H2,1-12H3,(H,79,80,81)(H,82,83,84)(H,85,86,87)(H,88,89,90)(H3,65,67,69,71,73,75)(H3,66,68,70,72,74,76);;;;/q;4*+1/p-4/b14-13+;;;;. The third-order valence-electron chi connectivity index (χ3n) is 14.5. The second-order valence-corrected chi connectivity index (χ2v) is 31.8. The SMILES string of the molecule is CC(C)(C)c1cc(CCN=c2nc(Nc3ccc(S(=O)(=O)[O-])cc3)[nH]c(=Nc3ccc(/C=C/c4ccc(N=c5[nH]c(Nc6ccc(S(=O)(=O)[O-])cc6)nc(=NCCc6cc(C(C)(C)C)c([O-])c(C(C)(C)C)c6)[nH]5)cc4S(=O)(=O)O)c(S(=O)(=O)O)c3)[nH]2)cc(C(C)(C)C)c1[O-].[Na+].[Na+].[Na+].[Na+]. The molecule has 34 heteroatoms. The van der Waals surface area contributed by atoms with E-state index in [1.807, 2.05) is 107 Å². The Morgan fingerprint density at radius 1 is 0.449 bits per heavy atom. The molecule has 0 aliphatic carbocycles. The van der Waals surface area contributed by atoms with Crippen LogP contribution in [0.1, 0.15) is 128 Å². The van der Waals surface area contributed by atoms with Gasteiger partial charge in [-0.2, -0.15) is 26.8 Å². The van der Waals surface area contributed by atoms with Crippen LogP contribution in [0.25, 0.3) is 12.2 Å². The van der Waals surface area contributed by atoms with E-state index in [1.165, 1.54) is 60.7 Å². The minimum atomic E-state index is -5.06. The molecular formula is C64H72N12Na4O14S4. The van der Waals surface area contributed by atoms with Gasteiger partial charge in [-0.25, -0.2) is 26.8 Å². The van der Waals surface area contributed by atoms with E-state index >= 15 is 0 Å². The van der Waals surface area contributed by atoms with E-state index in [9.17, 15) is 62.1 Å². The first-order valence-corrected chi connectivity index (χ1v) is 34.9. The van der Waals surface area contributed by atoms with Gasteiger partial charge in [0.2, 0.25) is 34.4 Å². The number of benzene rings is 6. The Morgan fingerprint density at radius 2 is 0.745 bits per heavy atom. The molecule has 0 fully saturated rings. The van der Waals surface area contributed by atoms with Gasteiger partial charge in [-0.3, -0.25) is 39.0 Å². The summed E-state index contributed by atoms with van der Waals surface area (Å²) in [5, 5.41) is 33.1. The Kier molecular flexibility index (Phi) is 29.2. The van der Waals surface area contributed by atoms with Crippen LogP contribution in [0.3, 0.4) is 0 Å². The predicted octanol–water partition coefficient (Wildman–Crippen LogP) is -4.15.